The number of aromatic nitrogens is 2. The zero-order valence-electron chi connectivity index (χ0n) is 14.8. The molecule has 130 valence electrons. The number of anilines is 1. The summed E-state index contributed by atoms with van der Waals surface area (Å²) in [5.74, 6) is 1.57. The minimum Gasteiger partial charge on any atom is -0.341 e. The molecule has 1 aromatic carbocycles. The minimum atomic E-state index is 0.625. The lowest BCUT2D eigenvalue weighted by molar-refractivity contribution is 0.405. The van der Waals surface area contributed by atoms with E-state index in [2.05, 4.69) is 63.5 Å². The second-order valence-electron chi connectivity index (χ2n) is 7.22. The fourth-order valence-electron chi connectivity index (χ4n) is 3.81. The minimum absolute atomic E-state index is 0.625. The van der Waals surface area contributed by atoms with Crippen LogP contribution in [0, 0.1) is 5.92 Å². The highest BCUT2D eigenvalue weighted by Crippen LogP contribution is 2.38. The summed E-state index contributed by atoms with van der Waals surface area (Å²) >= 11 is 0. The van der Waals surface area contributed by atoms with Gasteiger partial charge >= 0.3 is 0 Å². The summed E-state index contributed by atoms with van der Waals surface area (Å²) < 4.78 is 0. The van der Waals surface area contributed by atoms with Crippen LogP contribution in [-0.4, -0.2) is 35.1 Å². The zero-order valence-corrected chi connectivity index (χ0v) is 14.8. The molecule has 0 spiro atoms. The standard InChI is InChI=1S/C21H26N4/c1-16(14-17-6-3-2-4-7-17)19-15-20(19)24-18-8-12-25(13-9-18)21-22-10-5-11-23-21/h2-7,10-11,14,18-20,24H,8-9,12-13,15H2,1H3/t19-,20+/m0/s1. The van der Waals surface area contributed by atoms with Gasteiger partial charge in [-0.05, 0) is 43.7 Å². The van der Waals surface area contributed by atoms with E-state index in [1.807, 2.05) is 18.5 Å². The Morgan fingerprint density at radius 3 is 2.52 bits per heavy atom. The Hall–Kier alpha value is -2.20. The molecular weight excluding hydrogens is 308 g/mol. The molecule has 2 atom stereocenters. The number of benzene rings is 1. The molecule has 4 heteroatoms. The molecule has 0 unspecified atom stereocenters. The van der Waals surface area contributed by atoms with Crippen molar-refractivity contribution in [3.8, 4) is 0 Å². The van der Waals surface area contributed by atoms with Gasteiger partial charge in [0.15, 0.2) is 0 Å². The fourth-order valence-corrected chi connectivity index (χ4v) is 3.81. The third kappa shape index (κ3) is 4.07. The number of rotatable bonds is 5. The predicted molar refractivity (Wildman–Crippen MR) is 102 cm³/mol. The van der Waals surface area contributed by atoms with Crippen molar-refractivity contribution in [1.82, 2.24) is 15.3 Å². The quantitative estimate of drug-likeness (QED) is 0.908. The first-order chi connectivity index (χ1) is 12.3. The zero-order chi connectivity index (χ0) is 17.1. The van der Waals surface area contributed by atoms with E-state index in [-0.39, 0.29) is 0 Å². The van der Waals surface area contributed by atoms with Crippen LogP contribution in [-0.2, 0) is 0 Å². The molecule has 0 radical (unpaired) electrons. The molecule has 25 heavy (non-hydrogen) atoms. The molecule has 4 rings (SSSR count). The van der Waals surface area contributed by atoms with Crippen LogP contribution in [0.2, 0.25) is 0 Å². The third-order valence-electron chi connectivity index (χ3n) is 5.35. The summed E-state index contributed by atoms with van der Waals surface area (Å²) in [6.07, 6.45) is 9.59. The van der Waals surface area contributed by atoms with Crippen molar-refractivity contribution in [2.45, 2.75) is 38.3 Å². The number of hydrogen-bond acceptors (Lipinski definition) is 4. The van der Waals surface area contributed by atoms with Crippen LogP contribution >= 0.6 is 0 Å². The van der Waals surface area contributed by atoms with Gasteiger partial charge in [0.25, 0.3) is 0 Å². The van der Waals surface area contributed by atoms with E-state index in [0.29, 0.717) is 18.0 Å². The summed E-state index contributed by atoms with van der Waals surface area (Å²) in [6.45, 7) is 4.35. The molecule has 2 heterocycles. The van der Waals surface area contributed by atoms with Gasteiger partial charge in [0.2, 0.25) is 5.95 Å². The molecule has 1 saturated heterocycles. The molecule has 1 N–H and O–H groups in total. The van der Waals surface area contributed by atoms with Crippen molar-refractivity contribution < 1.29 is 0 Å². The van der Waals surface area contributed by atoms with E-state index >= 15 is 0 Å². The van der Waals surface area contributed by atoms with Crippen molar-refractivity contribution in [1.29, 1.82) is 0 Å². The number of nitrogens with zero attached hydrogens (tertiary/aromatic N) is 3. The summed E-state index contributed by atoms with van der Waals surface area (Å²) in [4.78, 5) is 11.0. The average Bonchev–Trinajstić information content (AvgIpc) is 3.43. The molecule has 4 nitrogen and oxygen atoms in total. The average molecular weight is 334 g/mol. The number of nitrogens with one attached hydrogen (secondary N) is 1. The molecule has 1 saturated carbocycles. The van der Waals surface area contributed by atoms with Crippen LogP contribution < -0.4 is 10.2 Å². The van der Waals surface area contributed by atoms with Gasteiger partial charge in [-0.1, -0.05) is 42.0 Å². The lowest BCUT2D eigenvalue weighted by Gasteiger charge is -2.32. The van der Waals surface area contributed by atoms with E-state index in [4.69, 9.17) is 0 Å². The van der Waals surface area contributed by atoms with Crippen LogP contribution in [0.4, 0.5) is 5.95 Å². The van der Waals surface area contributed by atoms with Crippen LogP contribution in [0.25, 0.3) is 6.08 Å². The van der Waals surface area contributed by atoms with Crippen molar-refractivity contribution >= 4 is 12.0 Å². The van der Waals surface area contributed by atoms with Crippen molar-refractivity contribution in [2.24, 2.45) is 5.92 Å². The van der Waals surface area contributed by atoms with E-state index in [1.54, 1.807) is 0 Å². The summed E-state index contributed by atoms with van der Waals surface area (Å²) in [6, 6.07) is 13.8. The van der Waals surface area contributed by atoms with Gasteiger partial charge in [-0.25, -0.2) is 9.97 Å². The summed E-state index contributed by atoms with van der Waals surface area (Å²) in [7, 11) is 0. The lowest BCUT2D eigenvalue weighted by atomic mass is 10.0. The van der Waals surface area contributed by atoms with Gasteiger partial charge in [-0.2, -0.15) is 0 Å². The second kappa shape index (κ2) is 7.36. The van der Waals surface area contributed by atoms with E-state index in [0.717, 1.165) is 19.0 Å². The van der Waals surface area contributed by atoms with Crippen LogP contribution in [0.1, 0.15) is 31.7 Å². The van der Waals surface area contributed by atoms with Gasteiger partial charge in [0.1, 0.15) is 0 Å². The van der Waals surface area contributed by atoms with Gasteiger partial charge < -0.3 is 10.2 Å². The Morgan fingerprint density at radius 1 is 1.08 bits per heavy atom. The van der Waals surface area contributed by atoms with Crippen molar-refractivity contribution in [2.75, 3.05) is 18.0 Å². The highest BCUT2D eigenvalue weighted by Gasteiger charge is 2.39. The third-order valence-corrected chi connectivity index (χ3v) is 5.35. The molecular formula is C21H26N4. The highest BCUT2D eigenvalue weighted by atomic mass is 15.3. The molecule has 2 fully saturated rings. The monoisotopic (exact) mass is 334 g/mol. The predicted octanol–water partition coefficient (Wildman–Crippen LogP) is 3.53. The van der Waals surface area contributed by atoms with E-state index < -0.39 is 0 Å². The SMILES string of the molecule is CC(=Cc1ccccc1)[C@@H]1C[C@H]1NC1CCN(c2ncccn2)CC1. The fraction of sp³-hybridized carbons (Fsp3) is 0.429. The summed E-state index contributed by atoms with van der Waals surface area (Å²) in [5.41, 5.74) is 2.81. The maximum atomic E-state index is 4.36. The first kappa shape index (κ1) is 16.3. The second-order valence-corrected chi connectivity index (χ2v) is 7.22. The van der Waals surface area contributed by atoms with Gasteiger partial charge in [0, 0.05) is 37.6 Å². The Morgan fingerprint density at radius 2 is 1.80 bits per heavy atom. The molecule has 2 aliphatic rings. The van der Waals surface area contributed by atoms with Crippen LogP contribution in [0.5, 0.6) is 0 Å². The molecule has 0 amide bonds. The Balaban J connectivity index is 1.26. The number of piperidine rings is 1. The van der Waals surface area contributed by atoms with Crippen LogP contribution in [0.3, 0.4) is 0 Å². The Kier molecular flexibility index (Phi) is 4.79. The van der Waals surface area contributed by atoms with Gasteiger partial charge in [0.05, 0.1) is 0 Å². The lowest BCUT2D eigenvalue weighted by Crippen LogP contribution is -2.44. The topological polar surface area (TPSA) is 41.0 Å². The van der Waals surface area contributed by atoms with E-state index in [9.17, 15) is 0 Å². The first-order valence-electron chi connectivity index (χ1n) is 9.31. The summed E-state index contributed by atoms with van der Waals surface area (Å²) in [5, 5.41) is 3.87. The van der Waals surface area contributed by atoms with Crippen LogP contribution in [0.15, 0.2) is 54.4 Å². The molecule has 1 aliphatic carbocycles. The first-order valence-corrected chi connectivity index (χ1v) is 9.31. The number of hydrogen-bond donors (Lipinski definition) is 1. The van der Waals surface area contributed by atoms with E-state index in [1.165, 1.54) is 30.4 Å². The normalized spacial score (nSPS) is 24.4. The van der Waals surface area contributed by atoms with Gasteiger partial charge in [-0.3, -0.25) is 0 Å². The molecule has 2 aromatic rings. The maximum Gasteiger partial charge on any atom is 0.225 e. The largest absolute Gasteiger partial charge is 0.341 e. The Bertz CT molecular complexity index is 705. The Labute approximate surface area is 150 Å². The van der Waals surface area contributed by atoms with Crippen molar-refractivity contribution in [3.63, 3.8) is 0 Å². The molecule has 1 aromatic heterocycles. The highest BCUT2D eigenvalue weighted by molar-refractivity contribution is 5.53. The van der Waals surface area contributed by atoms with Crippen molar-refractivity contribution in [3.05, 3.63) is 59.9 Å². The molecule has 1 aliphatic heterocycles. The maximum absolute atomic E-state index is 4.36. The smallest absolute Gasteiger partial charge is 0.225 e. The van der Waals surface area contributed by atoms with Gasteiger partial charge in [-0.15, -0.1) is 0 Å². The molecule has 0 bridgehead atoms.